The van der Waals surface area contributed by atoms with Crippen LogP contribution in [0.4, 0.5) is 0 Å². The SMILES string of the molecule is Cc1cc(COC(=O)c2cccnc2Sc2ccccc2)on1. The van der Waals surface area contributed by atoms with Crippen LogP contribution in [0.15, 0.2) is 69.2 Å². The fraction of sp³-hybridized carbons (Fsp3) is 0.118. The summed E-state index contributed by atoms with van der Waals surface area (Å²) in [4.78, 5) is 17.6. The van der Waals surface area contributed by atoms with Gasteiger partial charge in [0.2, 0.25) is 0 Å². The zero-order valence-electron chi connectivity index (χ0n) is 12.4. The van der Waals surface area contributed by atoms with E-state index in [0.717, 1.165) is 10.6 Å². The van der Waals surface area contributed by atoms with Crippen molar-refractivity contribution in [1.82, 2.24) is 10.1 Å². The molecule has 0 aliphatic carbocycles. The number of hydrogen-bond donors (Lipinski definition) is 0. The van der Waals surface area contributed by atoms with Crippen LogP contribution >= 0.6 is 11.8 Å². The molecule has 116 valence electrons. The van der Waals surface area contributed by atoms with Gasteiger partial charge in [0.15, 0.2) is 12.4 Å². The number of rotatable bonds is 5. The summed E-state index contributed by atoms with van der Waals surface area (Å²) >= 11 is 1.42. The van der Waals surface area contributed by atoms with Gasteiger partial charge in [-0.2, -0.15) is 0 Å². The molecule has 1 aromatic carbocycles. The summed E-state index contributed by atoms with van der Waals surface area (Å²) in [5.41, 5.74) is 1.18. The number of ether oxygens (including phenoxy) is 1. The highest BCUT2D eigenvalue weighted by Gasteiger charge is 2.15. The molecule has 2 aromatic heterocycles. The fourth-order valence-electron chi connectivity index (χ4n) is 1.93. The van der Waals surface area contributed by atoms with Gasteiger partial charge in [0.25, 0.3) is 0 Å². The summed E-state index contributed by atoms with van der Waals surface area (Å²) in [6.07, 6.45) is 1.65. The molecule has 3 rings (SSSR count). The number of hydrogen-bond acceptors (Lipinski definition) is 6. The lowest BCUT2D eigenvalue weighted by Gasteiger charge is -2.07. The van der Waals surface area contributed by atoms with E-state index in [0.29, 0.717) is 16.3 Å². The van der Waals surface area contributed by atoms with Gasteiger partial charge >= 0.3 is 5.97 Å². The molecule has 0 fully saturated rings. The molecular weight excluding hydrogens is 312 g/mol. The smallest absolute Gasteiger partial charge is 0.341 e. The molecular formula is C17H14N2O3S. The number of esters is 1. The Bertz CT molecular complexity index is 802. The molecule has 0 unspecified atom stereocenters. The van der Waals surface area contributed by atoms with Gasteiger partial charge < -0.3 is 9.26 Å². The first-order chi connectivity index (χ1) is 11.2. The zero-order chi connectivity index (χ0) is 16.1. The van der Waals surface area contributed by atoms with E-state index in [1.165, 1.54) is 11.8 Å². The Kier molecular flexibility index (Phi) is 4.73. The maximum absolute atomic E-state index is 12.3. The molecule has 23 heavy (non-hydrogen) atoms. The van der Waals surface area contributed by atoms with Crippen LogP contribution in [0.25, 0.3) is 0 Å². The van der Waals surface area contributed by atoms with E-state index in [1.807, 2.05) is 37.3 Å². The lowest BCUT2D eigenvalue weighted by molar-refractivity contribution is 0.0432. The summed E-state index contributed by atoms with van der Waals surface area (Å²) in [6.45, 7) is 1.86. The van der Waals surface area contributed by atoms with Gasteiger partial charge in [0.05, 0.1) is 11.3 Å². The third kappa shape index (κ3) is 3.98. The predicted octanol–water partition coefficient (Wildman–Crippen LogP) is 3.89. The Balaban J connectivity index is 1.72. The lowest BCUT2D eigenvalue weighted by atomic mass is 10.3. The van der Waals surface area contributed by atoms with Gasteiger partial charge in [-0.3, -0.25) is 0 Å². The van der Waals surface area contributed by atoms with Crippen molar-refractivity contribution in [3.63, 3.8) is 0 Å². The van der Waals surface area contributed by atoms with Gasteiger partial charge in [-0.1, -0.05) is 35.1 Å². The van der Waals surface area contributed by atoms with Crippen LogP contribution in [0.2, 0.25) is 0 Å². The third-order valence-corrected chi connectivity index (χ3v) is 4.00. The highest BCUT2D eigenvalue weighted by atomic mass is 32.2. The van der Waals surface area contributed by atoms with Crippen LogP contribution in [0.3, 0.4) is 0 Å². The van der Waals surface area contributed by atoms with Crippen LogP contribution in [-0.4, -0.2) is 16.1 Å². The van der Waals surface area contributed by atoms with Crippen molar-refractivity contribution >= 4 is 17.7 Å². The molecule has 5 nitrogen and oxygen atoms in total. The molecule has 0 N–H and O–H groups in total. The minimum Gasteiger partial charge on any atom is -0.454 e. The minimum absolute atomic E-state index is 0.0456. The average molecular weight is 326 g/mol. The Morgan fingerprint density at radius 3 is 2.78 bits per heavy atom. The first-order valence-electron chi connectivity index (χ1n) is 6.99. The fourth-order valence-corrected chi connectivity index (χ4v) is 2.82. The quantitative estimate of drug-likeness (QED) is 0.663. The number of benzene rings is 1. The van der Waals surface area contributed by atoms with Crippen molar-refractivity contribution in [2.75, 3.05) is 0 Å². The molecule has 2 heterocycles. The van der Waals surface area contributed by atoms with E-state index in [2.05, 4.69) is 10.1 Å². The number of aromatic nitrogens is 2. The van der Waals surface area contributed by atoms with Crippen molar-refractivity contribution in [1.29, 1.82) is 0 Å². The van der Waals surface area contributed by atoms with Gasteiger partial charge in [0, 0.05) is 17.2 Å². The standard InChI is InChI=1S/C17H14N2O3S/c1-12-10-13(22-19-12)11-21-17(20)15-8-5-9-18-16(15)23-14-6-3-2-4-7-14/h2-10H,11H2,1H3. The maximum Gasteiger partial charge on any atom is 0.341 e. The number of carbonyl (C=O) groups is 1. The number of aryl methyl sites for hydroxylation is 1. The Labute approximate surface area is 137 Å². The van der Waals surface area contributed by atoms with Crippen LogP contribution < -0.4 is 0 Å². The molecule has 0 aliphatic rings. The van der Waals surface area contributed by atoms with E-state index in [1.54, 1.807) is 24.4 Å². The minimum atomic E-state index is -0.439. The molecule has 0 atom stereocenters. The molecule has 0 amide bonds. The van der Waals surface area contributed by atoms with Crippen LogP contribution in [0.5, 0.6) is 0 Å². The van der Waals surface area contributed by atoms with Gasteiger partial charge in [-0.05, 0) is 31.2 Å². The van der Waals surface area contributed by atoms with Crippen LogP contribution in [0, 0.1) is 6.92 Å². The highest BCUT2D eigenvalue weighted by molar-refractivity contribution is 7.99. The summed E-state index contributed by atoms with van der Waals surface area (Å²) in [6, 6.07) is 14.9. The third-order valence-electron chi connectivity index (χ3n) is 2.97. The molecule has 0 bridgehead atoms. The normalized spacial score (nSPS) is 10.5. The van der Waals surface area contributed by atoms with E-state index < -0.39 is 5.97 Å². The second kappa shape index (κ2) is 7.11. The molecule has 6 heteroatoms. The molecule has 0 aliphatic heterocycles. The monoisotopic (exact) mass is 326 g/mol. The van der Waals surface area contributed by atoms with Crippen molar-refractivity contribution in [3.8, 4) is 0 Å². The summed E-state index contributed by atoms with van der Waals surface area (Å²) in [5, 5.41) is 4.37. The maximum atomic E-state index is 12.3. The molecule has 0 saturated carbocycles. The molecule has 0 saturated heterocycles. The van der Waals surface area contributed by atoms with E-state index in [9.17, 15) is 4.79 Å². The molecule has 0 radical (unpaired) electrons. The zero-order valence-corrected chi connectivity index (χ0v) is 13.2. The van der Waals surface area contributed by atoms with Crippen molar-refractivity contribution in [3.05, 3.63) is 71.7 Å². The highest BCUT2D eigenvalue weighted by Crippen LogP contribution is 2.28. The van der Waals surface area contributed by atoms with Crippen LogP contribution in [-0.2, 0) is 11.3 Å². The Morgan fingerprint density at radius 2 is 2.04 bits per heavy atom. The van der Waals surface area contributed by atoms with E-state index in [4.69, 9.17) is 9.26 Å². The predicted molar refractivity (Wildman–Crippen MR) is 85.2 cm³/mol. The largest absolute Gasteiger partial charge is 0.454 e. The first-order valence-corrected chi connectivity index (χ1v) is 7.81. The van der Waals surface area contributed by atoms with Gasteiger partial charge in [-0.25, -0.2) is 9.78 Å². The van der Waals surface area contributed by atoms with Crippen LogP contribution in [0.1, 0.15) is 21.8 Å². The second-order valence-electron chi connectivity index (χ2n) is 4.78. The van der Waals surface area contributed by atoms with Crippen molar-refractivity contribution < 1.29 is 14.1 Å². The van der Waals surface area contributed by atoms with Gasteiger partial charge in [-0.15, -0.1) is 0 Å². The first kappa shape index (κ1) is 15.3. The van der Waals surface area contributed by atoms with E-state index in [-0.39, 0.29) is 6.61 Å². The lowest BCUT2D eigenvalue weighted by Crippen LogP contribution is -2.07. The van der Waals surface area contributed by atoms with Gasteiger partial charge in [0.1, 0.15) is 5.03 Å². The van der Waals surface area contributed by atoms with E-state index >= 15 is 0 Å². The summed E-state index contributed by atoms with van der Waals surface area (Å²) in [7, 11) is 0. The second-order valence-corrected chi connectivity index (χ2v) is 5.84. The summed E-state index contributed by atoms with van der Waals surface area (Å²) in [5.74, 6) is 0.0718. The average Bonchev–Trinajstić information content (AvgIpc) is 3.00. The Morgan fingerprint density at radius 1 is 1.22 bits per heavy atom. The molecule has 3 aromatic rings. The Hall–Kier alpha value is -2.60. The number of pyridine rings is 1. The van der Waals surface area contributed by atoms with Crippen molar-refractivity contribution in [2.24, 2.45) is 0 Å². The topological polar surface area (TPSA) is 65.2 Å². The number of nitrogens with zero attached hydrogens (tertiary/aromatic N) is 2. The number of carbonyl (C=O) groups excluding carboxylic acids is 1. The van der Waals surface area contributed by atoms with Crippen molar-refractivity contribution in [2.45, 2.75) is 23.5 Å². The molecule has 0 spiro atoms. The summed E-state index contributed by atoms with van der Waals surface area (Å²) < 4.78 is 10.3.